The largest absolute Gasteiger partial charge is 0.380 e. The van der Waals surface area contributed by atoms with Crippen LogP contribution in [-0.4, -0.2) is 77.4 Å². The third kappa shape index (κ3) is 5.78. The number of aromatic amines is 1. The summed E-state index contributed by atoms with van der Waals surface area (Å²) in [5.41, 5.74) is 2.74. The zero-order valence-corrected chi connectivity index (χ0v) is 20.3. The number of H-pyrrole nitrogens is 1. The Morgan fingerprint density at radius 3 is 2.56 bits per heavy atom. The Morgan fingerprint density at radius 1 is 1.08 bits per heavy atom. The molecule has 1 aromatic carbocycles. The topological polar surface area (TPSA) is 111 Å². The van der Waals surface area contributed by atoms with Crippen LogP contribution in [0.3, 0.4) is 0 Å². The summed E-state index contributed by atoms with van der Waals surface area (Å²) in [7, 11) is 2.13. The molecule has 1 amide bonds. The SMILES string of the molecule is C=CC(=O)Nc1ccc(/C=C/c2nc(Nc3cc(C4COC4)[nH]n3)cc(N3CCN(C)CC3)n2)cc1. The average Bonchev–Trinajstić information content (AvgIpc) is 3.30. The second-order valence-corrected chi connectivity index (χ2v) is 8.98. The summed E-state index contributed by atoms with van der Waals surface area (Å²) >= 11 is 0. The zero-order valence-electron chi connectivity index (χ0n) is 20.3. The van der Waals surface area contributed by atoms with Crippen molar-refractivity contribution < 1.29 is 9.53 Å². The van der Waals surface area contributed by atoms with E-state index in [-0.39, 0.29) is 5.91 Å². The van der Waals surface area contributed by atoms with Crippen LogP contribution in [0.25, 0.3) is 12.2 Å². The minimum absolute atomic E-state index is 0.238. The predicted octanol–water partition coefficient (Wildman–Crippen LogP) is 3.10. The smallest absolute Gasteiger partial charge is 0.247 e. The van der Waals surface area contributed by atoms with Crippen molar-refractivity contribution in [2.45, 2.75) is 5.92 Å². The lowest BCUT2D eigenvalue weighted by Gasteiger charge is -2.33. The highest BCUT2D eigenvalue weighted by Crippen LogP contribution is 2.26. The monoisotopic (exact) mass is 486 g/mol. The molecule has 0 spiro atoms. The zero-order chi connectivity index (χ0) is 24.9. The second-order valence-electron chi connectivity index (χ2n) is 8.98. The fraction of sp³-hybridized carbons (Fsp3) is 0.308. The Labute approximate surface area is 210 Å². The van der Waals surface area contributed by atoms with Crippen LogP contribution >= 0.6 is 0 Å². The molecule has 3 N–H and O–H groups in total. The first-order valence-corrected chi connectivity index (χ1v) is 12.0. The van der Waals surface area contributed by atoms with Gasteiger partial charge in [-0.25, -0.2) is 9.97 Å². The van der Waals surface area contributed by atoms with Crippen molar-refractivity contribution in [2.75, 3.05) is 62.0 Å². The van der Waals surface area contributed by atoms with Gasteiger partial charge >= 0.3 is 0 Å². The first-order chi connectivity index (χ1) is 17.6. The Kier molecular flexibility index (Phi) is 7.06. The number of piperazine rings is 1. The molecule has 186 valence electrons. The molecule has 2 aliphatic rings. The van der Waals surface area contributed by atoms with Crippen molar-refractivity contribution in [1.29, 1.82) is 0 Å². The number of hydrogen-bond acceptors (Lipinski definition) is 8. The highest BCUT2D eigenvalue weighted by Gasteiger charge is 2.23. The molecular weight excluding hydrogens is 456 g/mol. The van der Waals surface area contributed by atoms with E-state index in [1.807, 2.05) is 48.6 Å². The molecule has 5 rings (SSSR count). The number of nitrogens with zero attached hydrogens (tertiary/aromatic N) is 5. The van der Waals surface area contributed by atoms with Crippen molar-refractivity contribution >= 4 is 41.2 Å². The molecule has 2 aliphatic heterocycles. The molecule has 0 saturated carbocycles. The van der Waals surface area contributed by atoms with Crippen molar-refractivity contribution in [3.63, 3.8) is 0 Å². The Morgan fingerprint density at radius 2 is 1.86 bits per heavy atom. The quantitative estimate of drug-likeness (QED) is 0.417. The Hall–Kier alpha value is -4.02. The van der Waals surface area contributed by atoms with E-state index in [9.17, 15) is 4.79 Å². The van der Waals surface area contributed by atoms with E-state index < -0.39 is 0 Å². The van der Waals surface area contributed by atoms with Gasteiger partial charge in [0.15, 0.2) is 11.6 Å². The van der Waals surface area contributed by atoms with E-state index in [2.05, 4.69) is 44.3 Å². The van der Waals surface area contributed by atoms with Gasteiger partial charge in [-0.3, -0.25) is 9.89 Å². The van der Waals surface area contributed by atoms with Crippen LogP contribution in [0.5, 0.6) is 0 Å². The number of likely N-dealkylation sites (N-methyl/N-ethyl adjacent to an activating group) is 1. The third-order valence-corrected chi connectivity index (χ3v) is 6.28. The van der Waals surface area contributed by atoms with E-state index in [1.165, 1.54) is 6.08 Å². The summed E-state index contributed by atoms with van der Waals surface area (Å²) in [6, 6.07) is 11.5. The number of rotatable bonds is 8. The maximum Gasteiger partial charge on any atom is 0.247 e. The molecule has 10 nitrogen and oxygen atoms in total. The molecule has 2 fully saturated rings. The Balaban J connectivity index is 1.36. The molecule has 10 heteroatoms. The number of anilines is 4. The minimum atomic E-state index is -0.238. The standard InChI is InChI=1S/C26H30N8O2/c1-3-26(35)27-20-7-4-18(5-8-20)6-9-22-28-23(15-25(30-22)34-12-10-33(2)11-13-34)29-24-14-21(31-32-24)19-16-36-17-19/h3-9,14-15,19H,1,10-13,16-17H2,2H3,(H,27,35)(H2,28,29,30,31,32)/b9-6+. The van der Waals surface area contributed by atoms with E-state index >= 15 is 0 Å². The van der Waals surface area contributed by atoms with Gasteiger partial charge < -0.3 is 25.2 Å². The fourth-order valence-corrected chi connectivity index (χ4v) is 3.99. The van der Waals surface area contributed by atoms with Crippen LogP contribution in [0.1, 0.15) is 23.0 Å². The third-order valence-electron chi connectivity index (χ3n) is 6.28. The highest BCUT2D eigenvalue weighted by molar-refractivity contribution is 5.98. The van der Waals surface area contributed by atoms with E-state index in [0.717, 1.165) is 56.5 Å². The number of nitrogens with one attached hydrogen (secondary N) is 3. The molecule has 0 bridgehead atoms. The number of aromatic nitrogens is 4. The molecule has 0 unspecified atom stereocenters. The van der Waals surface area contributed by atoms with Crippen LogP contribution in [0.15, 0.2) is 49.1 Å². The van der Waals surface area contributed by atoms with Gasteiger partial charge in [0.05, 0.1) is 13.2 Å². The molecule has 0 radical (unpaired) electrons. The van der Waals surface area contributed by atoms with Crippen molar-refractivity contribution in [2.24, 2.45) is 0 Å². The first kappa shape index (κ1) is 23.7. The predicted molar refractivity (Wildman–Crippen MR) is 141 cm³/mol. The molecule has 3 aromatic rings. The van der Waals surface area contributed by atoms with Gasteiger partial charge in [0, 0.05) is 55.6 Å². The Bertz CT molecular complexity index is 1240. The van der Waals surface area contributed by atoms with Crippen molar-refractivity contribution in [3.05, 3.63) is 66.1 Å². The average molecular weight is 487 g/mol. The molecule has 0 aliphatic carbocycles. The maximum atomic E-state index is 11.5. The normalized spacial score (nSPS) is 16.6. The summed E-state index contributed by atoms with van der Waals surface area (Å²) in [6.07, 6.45) is 5.09. The number of amides is 1. The first-order valence-electron chi connectivity index (χ1n) is 12.0. The van der Waals surface area contributed by atoms with Gasteiger partial charge in [0.1, 0.15) is 11.6 Å². The molecule has 4 heterocycles. The molecule has 0 atom stereocenters. The van der Waals surface area contributed by atoms with Gasteiger partial charge in [0.2, 0.25) is 5.91 Å². The number of benzene rings is 1. The molecular formula is C26H30N8O2. The van der Waals surface area contributed by atoms with Crippen LogP contribution in [0, 0.1) is 0 Å². The van der Waals surface area contributed by atoms with E-state index in [1.54, 1.807) is 0 Å². The number of hydrogen-bond donors (Lipinski definition) is 3. The summed E-state index contributed by atoms with van der Waals surface area (Å²) < 4.78 is 5.29. The van der Waals surface area contributed by atoms with Gasteiger partial charge in [0.25, 0.3) is 0 Å². The lowest BCUT2D eigenvalue weighted by molar-refractivity contribution is -0.111. The summed E-state index contributed by atoms with van der Waals surface area (Å²) in [4.78, 5) is 25.6. The van der Waals surface area contributed by atoms with E-state index in [4.69, 9.17) is 14.7 Å². The lowest BCUT2D eigenvalue weighted by Crippen LogP contribution is -2.44. The van der Waals surface area contributed by atoms with Crippen LogP contribution in [0.2, 0.25) is 0 Å². The number of ether oxygens (including phenoxy) is 1. The minimum Gasteiger partial charge on any atom is -0.380 e. The van der Waals surface area contributed by atoms with Gasteiger partial charge in [-0.2, -0.15) is 5.10 Å². The number of carbonyl (C=O) groups excluding carboxylic acids is 1. The number of carbonyl (C=O) groups is 1. The molecule has 2 aromatic heterocycles. The van der Waals surface area contributed by atoms with Crippen LogP contribution < -0.4 is 15.5 Å². The summed E-state index contributed by atoms with van der Waals surface area (Å²) in [5, 5.41) is 13.6. The van der Waals surface area contributed by atoms with Gasteiger partial charge in [-0.05, 0) is 36.9 Å². The van der Waals surface area contributed by atoms with Gasteiger partial charge in [-0.15, -0.1) is 0 Å². The van der Waals surface area contributed by atoms with E-state index in [0.29, 0.717) is 29.1 Å². The lowest BCUT2D eigenvalue weighted by atomic mass is 10.0. The highest BCUT2D eigenvalue weighted by atomic mass is 16.5. The second kappa shape index (κ2) is 10.7. The van der Waals surface area contributed by atoms with Crippen molar-refractivity contribution in [3.8, 4) is 0 Å². The maximum absolute atomic E-state index is 11.5. The fourth-order valence-electron chi connectivity index (χ4n) is 3.99. The molecule has 36 heavy (non-hydrogen) atoms. The summed E-state index contributed by atoms with van der Waals surface area (Å²) in [5.74, 6) is 3.01. The molecule has 2 saturated heterocycles. The van der Waals surface area contributed by atoms with Crippen LogP contribution in [-0.2, 0) is 9.53 Å². The summed E-state index contributed by atoms with van der Waals surface area (Å²) in [6.45, 7) is 8.69. The van der Waals surface area contributed by atoms with Crippen LogP contribution in [0.4, 0.5) is 23.1 Å². The van der Waals surface area contributed by atoms with Crippen molar-refractivity contribution in [1.82, 2.24) is 25.1 Å². The van der Waals surface area contributed by atoms with Gasteiger partial charge in [-0.1, -0.05) is 24.8 Å².